The van der Waals surface area contributed by atoms with E-state index in [9.17, 15) is 0 Å². The Labute approximate surface area is 127 Å². The van der Waals surface area contributed by atoms with E-state index in [2.05, 4.69) is 30.4 Å². The number of aryl methyl sites for hydroxylation is 1. The molecule has 21 heavy (non-hydrogen) atoms. The minimum atomic E-state index is 0.649. The first kappa shape index (κ1) is 16.3. The van der Waals surface area contributed by atoms with Gasteiger partial charge in [0.2, 0.25) is 0 Å². The number of hydrogen-bond donors (Lipinski definition) is 1. The van der Waals surface area contributed by atoms with E-state index in [1.54, 1.807) is 7.11 Å². The van der Waals surface area contributed by atoms with E-state index in [0.717, 1.165) is 18.7 Å². The van der Waals surface area contributed by atoms with Crippen molar-refractivity contribution >= 4 is 0 Å². The molecule has 0 atom stereocenters. The standard InChI is InChI=1S/C17H27NO3/c1-14-4-7-17(15(12-14)13-18-16-5-6-16)21-9-3-8-20-11-10-19-2/h4,7,12,16,18H,3,5-6,8-11,13H2,1-2H3. The second-order valence-corrected chi connectivity index (χ2v) is 5.57. The molecule has 1 fully saturated rings. The van der Waals surface area contributed by atoms with Crippen molar-refractivity contribution in [1.82, 2.24) is 5.32 Å². The van der Waals surface area contributed by atoms with E-state index in [1.165, 1.54) is 24.0 Å². The largest absolute Gasteiger partial charge is 0.493 e. The average molecular weight is 293 g/mol. The van der Waals surface area contributed by atoms with E-state index in [4.69, 9.17) is 14.2 Å². The monoisotopic (exact) mass is 293 g/mol. The first-order valence-electron chi connectivity index (χ1n) is 7.82. The fraction of sp³-hybridized carbons (Fsp3) is 0.647. The van der Waals surface area contributed by atoms with Crippen molar-refractivity contribution in [1.29, 1.82) is 0 Å². The summed E-state index contributed by atoms with van der Waals surface area (Å²) in [6, 6.07) is 7.10. The van der Waals surface area contributed by atoms with Gasteiger partial charge in [-0.05, 0) is 25.8 Å². The molecular weight excluding hydrogens is 266 g/mol. The van der Waals surface area contributed by atoms with E-state index >= 15 is 0 Å². The molecule has 0 spiro atoms. The molecule has 4 heteroatoms. The minimum Gasteiger partial charge on any atom is -0.493 e. The zero-order chi connectivity index (χ0) is 14.9. The molecule has 0 radical (unpaired) electrons. The summed E-state index contributed by atoms with van der Waals surface area (Å²) < 4.78 is 16.3. The Hall–Kier alpha value is -1.10. The van der Waals surface area contributed by atoms with Gasteiger partial charge in [0.05, 0.1) is 19.8 Å². The quantitative estimate of drug-likeness (QED) is 0.637. The number of ether oxygens (including phenoxy) is 3. The van der Waals surface area contributed by atoms with Gasteiger partial charge >= 0.3 is 0 Å². The van der Waals surface area contributed by atoms with E-state index in [1.807, 2.05) is 0 Å². The molecule has 0 amide bonds. The molecule has 0 aliphatic heterocycles. The van der Waals surface area contributed by atoms with Gasteiger partial charge in [-0.2, -0.15) is 0 Å². The first-order chi connectivity index (χ1) is 10.3. The van der Waals surface area contributed by atoms with Crippen molar-refractivity contribution in [3.63, 3.8) is 0 Å². The van der Waals surface area contributed by atoms with Gasteiger partial charge in [0.15, 0.2) is 0 Å². The summed E-state index contributed by atoms with van der Waals surface area (Å²) in [4.78, 5) is 0. The van der Waals surface area contributed by atoms with E-state index < -0.39 is 0 Å². The molecule has 1 aromatic carbocycles. The lowest BCUT2D eigenvalue weighted by Crippen LogP contribution is -2.16. The maximum absolute atomic E-state index is 5.90. The van der Waals surface area contributed by atoms with Crippen LogP contribution >= 0.6 is 0 Å². The Bertz CT molecular complexity index is 418. The molecule has 0 aromatic heterocycles. The Balaban J connectivity index is 1.70. The molecule has 0 unspecified atom stereocenters. The predicted octanol–water partition coefficient (Wildman–Crippen LogP) is 2.68. The van der Waals surface area contributed by atoms with Crippen LogP contribution in [0.1, 0.15) is 30.4 Å². The van der Waals surface area contributed by atoms with Crippen LogP contribution in [-0.4, -0.2) is 39.6 Å². The summed E-state index contributed by atoms with van der Waals surface area (Å²) >= 11 is 0. The van der Waals surface area contributed by atoms with Crippen molar-refractivity contribution in [2.75, 3.05) is 33.5 Å². The van der Waals surface area contributed by atoms with Crippen molar-refractivity contribution in [3.05, 3.63) is 29.3 Å². The van der Waals surface area contributed by atoms with Crippen LogP contribution in [0.4, 0.5) is 0 Å². The van der Waals surface area contributed by atoms with Gasteiger partial charge in [-0.15, -0.1) is 0 Å². The van der Waals surface area contributed by atoms with Gasteiger partial charge in [0.1, 0.15) is 5.75 Å². The van der Waals surface area contributed by atoms with Gasteiger partial charge in [-0.3, -0.25) is 0 Å². The van der Waals surface area contributed by atoms with E-state index in [-0.39, 0.29) is 0 Å². The third kappa shape index (κ3) is 6.46. The molecule has 1 aromatic rings. The molecular formula is C17H27NO3. The Kier molecular flexibility index (Phi) is 7.00. The molecule has 1 N–H and O–H groups in total. The summed E-state index contributed by atoms with van der Waals surface area (Å²) in [7, 11) is 1.68. The number of rotatable bonds is 11. The Morgan fingerprint density at radius 1 is 1.14 bits per heavy atom. The van der Waals surface area contributed by atoms with Crippen molar-refractivity contribution in [2.24, 2.45) is 0 Å². The lowest BCUT2D eigenvalue weighted by molar-refractivity contribution is 0.0644. The van der Waals surface area contributed by atoms with Crippen LogP contribution in [0.25, 0.3) is 0 Å². The minimum absolute atomic E-state index is 0.649. The normalized spacial score (nSPS) is 14.4. The SMILES string of the molecule is COCCOCCCOc1ccc(C)cc1CNC1CC1. The second-order valence-electron chi connectivity index (χ2n) is 5.57. The molecule has 0 saturated heterocycles. The molecule has 1 aliphatic carbocycles. The highest BCUT2D eigenvalue weighted by molar-refractivity contribution is 5.37. The lowest BCUT2D eigenvalue weighted by Gasteiger charge is -2.13. The van der Waals surface area contributed by atoms with Crippen LogP contribution in [-0.2, 0) is 16.0 Å². The third-order valence-corrected chi connectivity index (χ3v) is 3.50. The van der Waals surface area contributed by atoms with Crippen molar-refractivity contribution in [2.45, 2.75) is 38.8 Å². The summed E-state index contributed by atoms with van der Waals surface area (Å²) in [5.41, 5.74) is 2.53. The van der Waals surface area contributed by atoms with E-state index in [0.29, 0.717) is 32.5 Å². The van der Waals surface area contributed by atoms with Crippen LogP contribution in [0.15, 0.2) is 18.2 Å². The fourth-order valence-electron chi connectivity index (χ4n) is 2.12. The molecule has 0 heterocycles. The first-order valence-corrected chi connectivity index (χ1v) is 7.82. The molecule has 4 nitrogen and oxygen atoms in total. The molecule has 2 rings (SSSR count). The number of nitrogens with one attached hydrogen (secondary N) is 1. The predicted molar refractivity (Wildman–Crippen MR) is 83.8 cm³/mol. The number of benzene rings is 1. The fourth-order valence-corrected chi connectivity index (χ4v) is 2.12. The van der Waals surface area contributed by atoms with Gasteiger partial charge in [-0.25, -0.2) is 0 Å². The van der Waals surface area contributed by atoms with Crippen LogP contribution in [0.2, 0.25) is 0 Å². The lowest BCUT2D eigenvalue weighted by atomic mass is 10.1. The van der Waals surface area contributed by atoms with Gasteiger partial charge in [0.25, 0.3) is 0 Å². The van der Waals surface area contributed by atoms with Crippen LogP contribution in [0.5, 0.6) is 5.75 Å². The van der Waals surface area contributed by atoms with Crippen molar-refractivity contribution in [3.8, 4) is 5.75 Å². The van der Waals surface area contributed by atoms with Crippen molar-refractivity contribution < 1.29 is 14.2 Å². The molecule has 118 valence electrons. The van der Waals surface area contributed by atoms with Gasteiger partial charge in [-0.1, -0.05) is 17.7 Å². The highest BCUT2D eigenvalue weighted by atomic mass is 16.5. The van der Waals surface area contributed by atoms with Gasteiger partial charge in [0, 0.05) is 38.3 Å². The average Bonchev–Trinajstić information content (AvgIpc) is 3.30. The summed E-state index contributed by atoms with van der Waals surface area (Å²) in [5.74, 6) is 0.991. The topological polar surface area (TPSA) is 39.7 Å². The second kappa shape index (κ2) is 9.03. The Morgan fingerprint density at radius 2 is 2.00 bits per heavy atom. The highest BCUT2D eigenvalue weighted by Gasteiger charge is 2.20. The third-order valence-electron chi connectivity index (χ3n) is 3.50. The van der Waals surface area contributed by atoms with Crippen LogP contribution in [0.3, 0.4) is 0 Å². The number of hydrogen-bond acceptors (Lipinski definition) is 4. The van der Waals surface area contributed by atoms with Crippen LogP contribution < -0.4 is 10.1 Å². The highest BCUT2D eigenvalue weighted by Crippen LogP contribution is 2.23. The summed E-state index contributed by atoms with van der Waals surface area (Å²) in [6.07, 6.45) is 3.51. The maximum Gasteiger partial charge on any atom is 0.123 e. The van der Waals surface area contributed by atoms with Crippen LogP contribution in [0, 0.1) is 6.92 Å². The summed E-state index contributed by atoms with van der Waals surface area (Å²) in [5, 5.41) is 3.55. The number of methoxy groups -OCH3 is 1. The zero-order valence-corrected chi connectivity index (χ0v) is 13.2. The Morgan fingerprint density at radius 3 is 2.76 bits per heavy atom. The van der Waals surface area contributed by atoms with Gasteiger partial charge < -0.3 is 19.5 Å². The molecule has 1 saturated carbocycles. The summed E-state index contributed by atoms with van der Waals surface area (Å²) in [6.45, 7) is 5.71. The molecule has 0 bridgehead atoms. The zero-order valence-electron chi connectivity index (χ0n) is 13.2. The smallest absolute Gasteiger partial charge is 0.123 e. The maximum atomic E-state index is 5.90. The molecule has 1 aliphatic rings.